The van der Waals surface area contributed by atoms with Crippen molar-refractivity contribution in [1.82, 2.24) is 14.4 Å². The minimum Gasteiger partial charge on any atom is -0.387 e. The molecule has 1 fully saturated rings. The molecule has 1 aromatic heterocycles. The molecule has 0 bridgehead atoms. The standard InChI is InChI=1S/C29H36N4O2/c1-23-21-33(22-24-9-4-2-5-10-24)28-26(34)13-16-32(29(35)27(23)28)15-8-14-30-17-19-31(20-18-30)25-11-6-3-7-12-25/h2-7,9-12,21,26,34H,8,13-20,22H2,1H3. The molecule has 35 heavy (non-hydrogen) atoms. The Morgan fingerprint density at radius 2 is 1.57 bits per heavy atom. The van der Waals surface area contributed by atoms with Gasteiger partial charge < -0.3 is 19.5 Å². The summed E-state index contributed by atoms with van der Waals surface area (Å²) in [6.07, 6.45) is 2.93. The number of aryl methyl sites for hydroxylation is 1. The average molecular weight is 473 g/mol. The lowest BCUT2D eigenvalue weighted by molar-refractivity contribution is 0.0737. The summed E-state index contributed by atoms with van der Waals surface area (Å²) in [5, 5.41) is 11.0. The fourth-order valence-electron chi connectivity index (χ4n) is 5.50. The van der Waals surface area contributed by atoms with Gasteiger partial charge in [-0.2, -0.15) is 0 Å². The van der Waals surface area contributed by atoms with E-state index in [1.807, 2.05) is 36.2 Å². The van der Waals surface area contributed by atoms with Crippen LogP contribution in [0.25, 0.3) is 0 Å². The zero-order valence-corrected chi connectivity index (χ0v) is 20.6. The third-order valence-corrected chi connectivity index (χ3v) is 7.39. The summed E-state index contributed by atoms with van der Waals surface area (Å²) in [6, 6.07) is 20.8. The lowest BCUT2D eigenvalue weighted by Crippen LogP contribution is -2.47. The summed E-state index contributed by atoms with van der Waals surface area (Å²) < 4.78 is 2.07. The minimum atomic E-state index is -0.623. The number of hydrogen-bond acceptors (Lipinski definition) is 4. The van der Waals surface area contributed by atoms with Crippen LogP contribution in [0.4, 0.5) is 5.69 Å². The van der Waals surface area contributed by atoms with Crippen molar-refractivity contribution in [1.29, 1.82) is 0 Å². The number of aliphatic hydroxyl groups is 1. The molecule has 0 aliphatic carbocycles. The van der Waals surface area contributed by atoms with Gasteiger partial charge in [0.25, 0.3) is 5.91 Å². The first-order chi connectivity index (χ1) is 17.1. The molecule has 3 heterocycles. The molecular weight excluding hydrogens is 436 g/mol. The van der Waals surface area contributed by atoms with Crippen LogP contribution >= 0.6 is 0 Å². The molecule has 3 aromatic rings. The third-order valence-electron chi connectivity index (χ3n) is 7.39. The number of carbonyl (C=O) groups is 1. The molecule has 5 rings (SSSR count). The first-order valence-electron chi connectivity index (χ1n) is 12.8. The van der Waals surface area contributed by atoms with E-state index in [-0.39, 0.29) is 5.91 Å². The smallest absolute Gasteiger partial charge is 0.256 e. The number of piperazine rings is 1. The lowest BCUT2D eigenvalue weighted by atomic mass is 10.1. The maximum Gasteiger partial charge on any atom is 0.256 e. The summed E-state index contributed by atoms with van der Waals surface area (Å²) in [5.74, 6) is 0.0646. The number of benzene rings is 2. The van der Waals surface area contributed by atoms with Crippen LogP contribution in [0.1, 0.15) is 46.1 Å². The summed E-state index contributed by atoms with van der Waals surface area (Å²) in [6.45, 7) is 9.15. The van der Waals surface area contributed by atoms with Crippen molar-refractivity contribution in [3.8, 4) is 0 Å². The Labute approximate surface area is 208 Å². The molecule has 184 valence electrons. The van der Waals surface area contributed by atoms with E-state index in [4.69, 9.17) is 0 Å². The van der Waals surface area contributed by atoms with E-state index in [9.17, 15) is 9.90 Å². The van der Waals surface area contributed by atoms with E-state index in [1.54, 1.807) is 0 Å². The van der Waals surface area contributed by atoms with Gasteiger partial charge >= 0.3 is 0 Å². The number of hydrogen-bond donors (Lipinski definition) is 1. The van der Waals surface area contributed by atoms with Gasteiger partial charge in [0.1, 0.15) is 0 Å². The van der Waals surface area contributed by atoms with Gasteiger partial charge in [0.2, 0.25) is 0 Å². The molecule has 6 nitrogen and oxygen atoms in total. The maximum atomic E-state index is 13.5. The Bertz CT molecular complexity index is 1120. The Hall–Kier alpha value is -3.09. The molecule has 1 N–H and O–H groups in total. The van der Waals surface area contributed by atoms with Crippen LogP contribution in [0.5, 0.6) is 0 Å². The highest BCUT2D eigenvalue weighted by Crippen LogP contribution is 2.31. The predicted molar refractivity (Wildman–Crippen MR) is 140 cm³/mol. The van der Waals surface area contributed by atoms with Gasteiger partial charge in [0.05, 0.1) is 17.4 Å². The normalized spacial score (nSPS) is 19.0. The predicted octanol–water partition coefficient (Wildman–Crippen LogP) is 3.94. The summed E-state index contributed by atoms with van der Waals surface area (Å²) in [4.78, 5) is 20.4. The number of anilines is 1. The second-order valence-corrected chi connectivity index (χ2v) is 9.80. The number of fused-ring (bicyclic) bond motifs is 1. The maximum absolute atomic E-state index is 13.5. The van der Waals surface area contributed by atoms with Crippen LogP contribution in [-0.4, -0.2) is 71.2 Å². The number of rotatable bonds is 7. The molecule has 1 atom stereocenters. The zero-order chi connectivity index (χ0) is 24.2. The van der Waals surface area contributed by atoms with Crippen LogP contribution in [0.2, 0.25) is 0 Å². The average Bonchev–Trinajstić information content (AvgIpc) is 3.15. The van der Waals surface area contributed by atoms with Crippen molar-refractivity contribution < 1.29 is 9.90 Å². The largest absolute Gasteiger partial charge is 0.387 e. The summed E-state index contributed by atoms with van der Waals surface area (Å²) >= 11 is 0. The van der Waals surface area contributed by atoms with Crippen molar-refractivity contribution in [2.75, 3.05) is 50.7 Å². The van der Waals surface area contributed by atoms with Crippen LogP contribution in [0.15, 0.2) is 66.9 Å². The van der Waals surface area contributed by atoms with E-state index < -0.39 is 6.10 Å². The number of amides is 1. The van der Waals surface area contributed by atoms with Gasteiger partial charge in [-0.1, -0.05) is 48.5 Å². The molecular formula is C29H36N4O2. The molecule has 0 spiro atoms. The van der Waals surface area contributed by atoms with Gasteiger partial charge in [-0.25, -0.2) is 0 Å². The molecule has 2 aromatic carbocycles. The highest BCUT2D eigenvalue weighted by Gasteiger charge is 2.32. The van der Waals surface area contributed by atoms with E-state index in [1.165, 1.54) is 11.3 Å². The van der Waals surface area contributed by atoms with Crippen LogP contribution in [0.3, 0.4) is 0 Å². The third kappa shape index (κ3) is 5.29. The highest BCUT2D eigenvalue weighted by atomic mass is 16.3. The Balaban J connectivity index is 1.18. The van der Waals surface area contributed by atoms with Gasteiger partial charge in [-0.3, -0.25) is 9.69 Å². The van der Waals surface area contributed by atoms with E-state index >= 15 is 0 Å². The summed E-state index contributed by atoms with van der Waals surface area (Å²) in [7, 11) is 0. The monoisotopic (exact) mass is 472 g/mol. The molecule has 0 radical (unpaired) electrons. The van der Waals surface area contributed by atoms with Gasteiger partial charge in [0.15, 0.2) is 0 Å². The molecule has 2 aliphatic rings. The van der Waals surface area contributed by atoms with Crippen molar-refractivity contribution in [2.24, 2.45) is 0 Å². The van der Waals surface area contributed by atoms with Crippen LogP contribution < -0.4 is 4.90 Å². The van der Waals surface area contributed by atoms with E-state index in [0.29, 0.717) is 25.1 Å². The number of carbonyl (C=O) groups excluding carboxylic acids is 1. The highest BCUT2D eigenvalue weighted by molar-refractivity contribution is 5.97. The quantitative estimate of drug-likeness (QED) is 0.566. The molecule has 6 heteroatoms. The Morgan fingerprint density at radius 3 is 2.29 bits per heavy atom. The minimum absolute atomic E-state index is 0.0646. The number of aromatic nitrogens is 1. The van der Waals surface area contributed by atoms with Crippen molar-refractivity contribution >= 4 is 11.6 Å². The molecule has 2 aliphatic heterocycles. The van der Waals surface area contributed by atoms with E-state index in [2.05, 4.69) is 56.8 Å². The SMILES string of the molecule is Cc1cn(Cc2ccccc2)c2c1C(=O)N(CCCN1CCN(c3ccccc3)CC1)CCC2O. The first kappa shape index (κ1) is 23.6. The number of para-hydroxylation sites is 1. The van der Waals surface area contributed by atoms with Crippen molar-refractivity contribution in [3.63, 3.8) is 0 Å². The Kier molecular flexibility index (Phi) is 7.21. The second kappa shape index (κ2) is 10.7. The van der Waals surface area contributed by atoms with E-state index in [0.717, 1.165) is 56.9 Å². The molecule has 1 amide bonds. The molecule has 1 saturated heterocycles. The molecule has 1 unspecified atom stereocenters. The fourth-order valence-corrected chi connectivity index (χ4v) is 5.50. The fraction of sp³-hybridized carbons (Fsp3) is 0.414. The summed E-state index contributed by atoms with van der Waals surface area (Å²) in [5.41, 5.74) is 4.88. The lowest BCUT2D eigenvalue weighted by Gasteiger charge is -2.36. The number of nitrogens with zero attached hydrogens (tertiary/aromatic N) is 4. The van der Waals surface area contributed by atoms with Crippen molar-refractivity contribution in [2.45, 2.75) is 32.4 Å². The Morgan fingerprint density at radius 1 is 0.886 bits per heavy atom. The van der Waals surface area contributed by atoms with Crippen LogP contribution in [0, 0.1) is 6.92 Å². The van der Waals surface area contributed by atoms with Crippen LogP contribution in [-0.2, 0) is 6.54 Å². The van der Waals surface area contributed by atoms with Gasteiger partial charge in [-0.15, -0.1) is 0 Å². The number of aliphatic hydroxyl groups excluding tert-OH is 1. The second-order valence-electron chi connectivity index (χ2n) is 9.80. The first-order valence-corrected chi connectivity index (χ1v) is 12.8. The topological polar surface area (TPSA) is 52.0 Å². The molecule has 0 saturated carbocycles. The van der Waals surface area contributed by atoms with Crippen molar-refractivity contribution in [3.05, 3.63) is 89.2 Å². The van der Waals surface area contributed by atoms with Gasteiger partial charge in [0, 0.05) is 57.7 Å². The zero-order valence-electron chi connectivity index (χ0n) is 20.6. The van der Waals surface area contributed by atoms with Gasteiger partial charge in [-0.05, 0) is 49.6 Å².